The maximum Gasteiger partial charge on any atom is 0.254 e. The molecule has 1 aliphatic heterocycles. The fraction of sp³-hybridized carbons (Fsp3) is 0.393. The second-order valence-corrected chi connectivity index (χ2v) is 10.3. The second-order valence-electron chi connectivity index (χ2n) is 9.42. The van der Waals surface area contributed by atoms with Crippen molar-refractivity contribution in [3.63, 3.8) is 0 Å². The predicted octanol–water partition coefficient (Wildman–Crippen LogP) is 4.40. The zero-order valence-corrected chi connectivity index (χ0v) is 22.1. The van der Waals surface area contributed by atoms with E-state index < -0.39 is 0 Å². The molecule has 3 aromatic rings. The summed E-state index contributed by atoms with van der Waals surface area (Å²) in [5.74, 6) is -0.195. The van der Waals surface area contributed by atoms with Gasteiger partial charge in [-0.3, -0.25) is 9.59 Å². The summed E-state index contributed by atoms with van der Waals surface area (Å²) < 4.78 is 0. The van der Waals surface area contributed by atoms with Crippen LogP contribution in [-0.4, -0.2) is 55.4 Å². The number of amides is 2. The fourth-order valence-corrected chi connectivity index (χ4v) is 5.39. The lowest BCUT2D eigenvalue weighted by Gasteiger charge is -2.23. The molecule has 2 aromatic carbocycles. The Kier molecular flexibility index (Phi) is 8.72. The smallest absolute Gasteiger partial charge is 0.254 e. The van der Waals surface area contributed by atoms with Gasteiger partial charge < -0.3 is 20.4 Å². The predicted molar refractivity (Wildman–Crippen MR) is 146 cm³/mol. The van der Waals surface area contributed by atoms with Gasteiger partial charge in [-0.1, -0.05) is 18.2 Å². The highest BCUT2D eigenvalue weighted by atomic mass is 32.1. The number of aromatic nitrogens is 1. The topological polar surface area (TPSA) is 77.6 Å². The number of carbonyl (C=O) groups excluding carboxylic acids is 2. The van der Waals surface area contributed by atoms with Crippen molar-refractivity contribution < 1.29 is 9.59 Å². The third-order valence-electron chi connectivity index (χ3n) is 6.38. The molecule has 7 nitrogen and oxygen atoms in total. The number of hydrogen-bond acceptors (Lipinski definition) is 6. The van der Waals surface area contributed by atoms with Crippen molar-refractivity contribution in [3.05, 3.63) is 81.3 Å². The minimum Gasteiger partial charge on any atom is -0.378 e. The Morgan fingerprint density at radius 2 is 1.92 bits per heavy atom. The molecule has 2 N–H and O–H groups in total. The second kappa shape index (κ2) is 12.1. The number of thiazole rings is 1. The standard InChI is InChI=1S/C28H35N5O2S/c1-20-19-36-27(31-20)25-12-6-15-33(25)28(35)23-10-5-9-22(17-23)26(34)30-14-7-13-29-18-21-8-4-11-24(16-21)32(2)3/h4-5,8-11,16-17,19,25,29H,6-7,12-15,18H2,1-3H3,(H,30,34). The van der Waals surface area contributed by atoms with Crippen LogP contribution in [0.3, 0.4) is 0 Å². The van der Waals surface area contributed by atoms with Crippen molar-refractivity contribution in [1.82, 2.24) is 20.5 Å². The first-order valence-corrected chi connectivity index (χ1v) is 13.4. The van der Waals surface area contributed by atoms with Gasteiger partial charge in [-0.05, 0) is 68.6 Å². The Balaban J connectivity index is 1.25. The summed E-state index contributed by atoms with van der Waals surface area (Å²) in [6, 6.07) is 15.5. The van der Waals surface area contributed by atoms with Gasteiger partial charge in [0.1, 0.15) is 5.01 Å². The molecule has 36 heavy (non-hydrogen) atoms. The van der Waals surface area contributed by atoms with E-state index in [0.29, 0.717) is 24.2 Å². The Morgan fingerprint density at radius 1 is 1.11 bits per heavy atom. The SMILES string of the molecule is Cc1csc(C2CCCN2C(=O)c2cccc(C(=O)NCCCNCc3cccc(N(C)C)c3)c2)n1. The lowest BCUT2D eigenvalue weighted by molar-refractivity contribution is 0.0735. The first-order valence-electron chi connectivity index (χ1n) is 12.5. The van der Waals surface area contributed by atoms with Gasteiger partial charge in [0.2, 0.25) is 0 Å². The van der Waals surface area contributed by atoms with Crippen LogP contribution < -0.4 is 15.5 Å². The van der Waals surface area contributed by atoms with E-state index in [1.54, 1.807) is 35.6 Å². The lowest BCUT2D eigenvalue weighted by Crippen LogP contribution is -2.31. The number of anilines is 1. The highest BCUT2D eigenvalue weighted by Gasteiger charge is 2.32. The van der Waals surface area contributed by atoms with Gasteiger partial charge in [0.05, 0.1) is 6.04 Å². The average Bonchev–Trinajstić information content (AvgIpc) is 3.54. The molecule has 2 heterocycles. The normalized spacial score (nSPS) is 15.2. The van der Waals surface area contributed by atoms with E-state index in [2.05, 4.69) is 44.8 Å². The van der Waals surface area contributed by atoms with E-state index in [0.717, 1.165) is 43.1 Å². The number of rotatable bonds is 10. The molecule has 8 heteroatoms. The molecule has 1 unspecified atom stereocenters. The van der Waals surface area contributed by atoms with E-state index in [1.165, 1.54) is 11.3 Å². The van der Waals surface area contributed by atoms with Crippen LogP contribution in [0, 0.1) is 6.92 Å². The minimum absolute atomic E-state index is 0.0199. The summed E-state index contributed by atoms with van der Waals surface area (Å²) in [5.41, 5.74) is 4.46. The van der Waals surface area contributed by atoms with E-state index >= 15 is 0 Å². The first-order chi connectivity index (χ1) is 17.4. The number of nitrogens with one attached hydrogen (secondary N) is 2. The van der Waals surface area contributed by atoms with Crippen LogP contribution in [-0.2, 0) is 6.54 Å². The van der Waals surface area contributed by atoms with Gasteiger partial charge in [0.25, 0.3) is 11.8 Å². The van der Waals surface area contributed by atoms with Gasteiger partial charge in [0, 0.05) is 61.6 Å². The molecule has 0 saturated carbocycles. The third kappa shape index (κ3) is 6.50. The summed E-state index contributed by atoms with van der Waals surface area (Å²) in [4.78, 5) is 34.6. The molecule has 0 bridgehead atoms. The van der Waals surface area contributed by atoms with E-state index in [4.69, 9.17) is 0 Å². The van der Waals surface area contributed by atoms with Gasteiger partial charge in [-0.15, -0.1) is 11.3 Å². The van der Waals surface area contributed by atoms with Crippen LogP contribution in [0.15, 0.2) is 53.9 Å². The Labute approximate surface area is 217 Å². The summed E-state index contributed by atoms with van der Waals surface area (Å²) in [7, 11) is 4.07. The van der Waals surface area contributed by atoms with E-state index in [-0.39, 0.29) is 17.9 Å². The molecule has 1 saturated heterocycles. The zero-order chi connectivity index (χ0) is 25.5. The molecule has 1 atom stereocenters. The van der Waals surface area contributed by atoms with Gasteiger partial charge in [-0.25, -0.2) is 4.98 Å². The summed E-state index contributed by atoms with van der Waals surface area (Å²) in [6.45, 7) is 4.85. The number of nitrogens with zero attached hydrogens (tertiary/aromatic N) is 3. The number of hydrogen-bond donors (Lipinski definition) is 2. The Bertz CT molecular complexity index is 1190. The van der Waals surface area contributed by atoms with Gasteiger partial charge in [0.15, 0.2) is 0 Å². The molecular formula is C28H35N5O2S. The summed E-state index contributed by atoms with van der Waals surface area (Å²) >= 11 is 1.61. The highest BCUT2D eigenvalue weighted by Crippen LogP contribution is 2.34. The molecule has 0 radical (unpaired) electrons. The summed E-state index contributed by atoms with van der Waals surface area (Å²) in [5, 5.41) is 9.43. The molecule has 190 valence electrons. The molecule has 4 rings (SSSR count). The number of likely N-dealkylation sites (tertiary alicyclic amines) is 1. The van der Waals surface area contributed by atoms with Crippen LogP contribution >= 0.6 is 11.3 Å². The molecule has 0 aliphatic carbocycles. The quantitative estimate of drug-likeness (QED) is 0.399. The largest absolute Gasteiger partial charge is 0.378 e. The van der Waals surface area contributed by atoms with Crippen LogP contribution in [0.25, 0.3) is 0 Å². The van der Waals surface area contributed by atoms with Gasteiger partial charge in [-0.2, -0.15) is 0 Å². The fourth-order valence-electron chi connectivity index (χ4n) is 4.45. The minimum atomic E-state index is -0.156. The van der Waals surface area contributed by atoms with E-state index in [9.17, 15) is 9.59 Å². The monoisotopic (exact) mass is 505 g/mol. The maximum absolute atomic E-state index is 13.3. The highest BCUT2D eigenvalue weighted by molar-refractivity contribution is 7.09. The number of aryl methyl sites for hydroxylation is 1. The van der Waals surface area contributed by atoms with Crippen LogP contribution in [0.2, 0.25) is 0 Å². The number of benzene rings is 2. The van der Waals surface area contributed by atoms with Crippen molar-refractivity contribution in [2.45, 2.75) is 38.8 Å². The van der Waals surface area contributed by atoms with Crippen molar-refractivity contribution in [2.75, 3.05) is 38.6 Å². The molecule has 1 aliphatic rings. The van der Waals surface area contributed by atoms with Crippen LogP contribution in [0.5, 0.6) is 0 Å². The van der Waals surface area contributed by atoms with Crippen molar-refractivity contribution in [2.24, 2.45) is 0 Å². The Hall–Kier alpha value is -3.23. The van der Waals surface area contributed by atoms with Gasteiger partial charge >= 0.3 is 0 Å². The molecule has 2 amide bonds. The summed E-state index contributed by atoms with van der Waals surface area (Å²) in [6.07, 6.45) is 2.71. The molecule has 1 fully saturated rings. The first kappa shape index (κ1) is 25.9. The Morgan fingerprint density at radius 3 is 2.69 bits per heavy atom. The third-order valence-corrected chi connectivity index (χ3v) is 7.44. The maximum atomic E-state index is 13.3. The van der Waals surface area contributed by atoms with Crippen LogP contribution in [0.1, 0.15) is 62.3 Å². The molecule has 1 aromatic heterocycles. The van der Waals surface area contributed by atoms with Crippen molar-refractivity contribution in [1.29, 1.82) is 0 Å². The lowest BCUT2D eigenvalue weighted by atomic mass is 10.1. The van der Waals surface area contributed by atoms with E-state index in [1.807, 2.05) is 31.3 Å². The average molecular weight is 506 g/mol. The van der Waals surface area contributed by atoms with Crippen LogP contribution in [0.4, 0.5) is 5.69 Å². The molecular weight excluding hydrogens is 470 g/mol. The van der Waals surface area contributed by atoms with Crippen molar-refractivity contribution >= 4 is 28.8 Å². The number of carbonyl (C=O) groups is 2. The molecule has 0 spiro atoms. The van der Waals surface area contributed by atoms with Crippen molar-refractivity contribution in [3.8, 4) is 0 Å². The zero-order valence-electron chi connectivity index (χ0n) is 21.3.